The van der Waals surface area contributed by atoms with Gasteiger partial charge in [0.25, 0.3) is 5.91 Å². The van der Waals surface area contributed by atoms with Crippen molar-refractivity contribution in [2.45, 2.75) is 47.1 Å². The Balaban J connectivity index is 1.68. The first kappa shape index (κ1) is 22.9. The van der Waals surface area contributed by atoms with Gasteiger partial charge in [-0.2, -0.15) is 5.10 Å². The standard InChI is InChI=1S/C25H31ClN4O/c1-7-30-23-12-22(26)19(11-21(23)18(4)13-25(30,5)6)14-28-29-24(31)15-27-20-9-8-16(2)17(3)10-20/h8-14,27H,7,15H2,1-6H3,(H,29,31)/b28-14-. The van der Waals surface area contributed by atoms with Gasteiger partial charge < -0.3 is 10.2 Å². The van der Waals surface area contributed by atoms with E-state index in [1.807, 2.05) is 37.3 Å². The van der Waals surface area contributed by atoms with Gasteiger partial charge in [0.05, 0.1) is 23.3 Å². The molecule has 31 heavy (non-hydrogen) atoms. The number of rotatable bonds is 6. The van der Waals surface area contributed by atoms with Gasteiger partial charge in [0.1, 0.15) is 0 Å². The van der Waals surface area contributed by atoms with Crippen molar-refractivity contribution >= 4 is 40.7 Å². The van der Waals surface area contributed by atoms with Gasteiger partial charge >= 0.3 is 0 Å². The van der Waals surface area contributed by atoms with Gasteiger partial charge in [-0.25, -0.2) is 5.43 Å². The molecule has 0 radical (unpaired) electrons. The van der Waals surface area contributed by atoms with Crippen LogP contribution < -0.4 is 15.6 Å². The summed E-state index contributed by atoms with van der Waals surface area (Å²) in [5.74, 6) is -0.224. The number of hydrogen-bond acceptors (Lipinski definition) is 4. The van der Waals surface area contributed by atoms with Crippen molar-refractivity contribution in [3.8, 4) is 0 Å². The molecule has 0 fully saturated rings. The van der Waals surface area contributed by atoms with E-state index in [2.05, 4.69) is 61.4 Å². The van der Waals surface area contributed by atoms with Crippen LogP contribution in [0, 0.1) is 13.8 Å². The summed E-state index contributed by atoms with van der Waals surface area (Å²) in [6.45, 7) is 13.8. The minimum absolute atomic E-state index is 0.0677. The molecule has 0 saturated carbocycles. The first-order chi connectivity index (χ1) is 14.6. The number of hydrogen-bond donors (Lipinski definition) is 2. The maximum absolute atomic E-state index is 12.1. The van der Waals surface area contributed by atoms with E-state index in [1.165, 1.54) is 16.7 Å². The number of aryl methyl sites for hydroxylation is 2. The molecule has 0 spiro atoms. The highest BCUT2D eigenvalue weighted by molar-refractivity contribution is 6.33. The molecule has 1 aliphatic rings. The number of halogens is 1. The van der Waals surface area contributed by atoms with Crippen molar-refractivity contribution < 1.29 is 4.79 Å². The summed E-state index contributed by atoms with van der Waals surface area (Å²) < 4.78 is 0. The molecule has 0 unspecified atom stereocenters. The largest absolute Gasteiger partial charge is 0.376 e. The van der Waals surface area contributed by atoms with Crippen LogP contribution in [0.25, 0.3) is 5.57 Å². The molecule has 1 aliphatic heterocycles. The number of carbonyl (C=O) groups excluding carboxylic acids is 1. The minimum atomic E-state index is -0.224. The van der Waals surface area contributed by atoms with Crippen LogP contribution in [0.4, 0.5) is 11.4 Å². The Labute approximate surface area is 190 Å². The summed E-state index contributed by atoms with van der Waals surface area (Å²) in [6.07, 6.45) is 3.87. The third-order valence-corrected chi connectivity index (χ3v) is 6.09. The molecule has 2 aromatic rings. The molecule has 1 amide bonds. The fourth-order valence-electron chi connectivity index (χ4n) is 4.04. The van der Waals surface area contributed by atoms with E-state index in [4.69, 9.17) is 11.6 Å². The molecule has 2 aromatic carbocycles. The molecule has 1 heterocycles. The van der Waals surface area contributed by atoms with Gasteiger partial charge in [-0.05, 0) is 82.5 Å². The summed E-state index contributed by atoms with van der Waals surface area (Å²) in [7, 11) is 0. The maximum atomic E-state index is 12.1. The third kappa shape index (κ3) is 5.10. The zero-order valence-corrected chi connectivity index (χ0v) is 19.9. The highest BCUT2D eigenvalue weighted by atomic mass is 35.5. The highest BCUT2D eigenvalue weighted by Crippen LogP contribution is 2.40. The molecule has 2 N–H and O–H groups in total. The lowest BCUT2D eigenvalue weighted by atomic mass is 9.88. The molecule has 5 nitrogen and oxygen atoms in total. The predicted octanol–water partition coefficient (Wildman–Crippen LogP) is 5.54. The van der Waals surface area contributed by atoms with E-state index in [-0.39, 0.29) is 18.0 Å². The topological polar surface area (TPSA) is 56.7 Å². The van der Waals surface area contributed by atoms with Gasteiger partial charge in [-0.3, -0.25) is 4.79 Å². The average molecular weight is 439 g/mol. The Hall–Kier alpha value is -2.79. The highest BCUT2D eigenvalue weighted by Gasteiger charge is 2.30. The molecular weight excluding hydrogens is 408 g/mol. The van der Waals surface area contributed by atoms with E-state index in [9.17, 15) is 4.79 Å². The summed E-state index contributed by atoms with van der Waals surface area (Å²) in [5, 5.41) is 7.82. The second kappa shape index (κ2) is 9.15. The van der Waals surface area contributed by atoms with Crippen LogP contribution in [0.1, 0.15) is 49.9 Å². The van der Waals surface area contributed by atoms with Crippen LogP contribution >= 0.6 is 11.6 Å². The summed E-state index contributed by atoms with van der Waals surface area (Å²) >= 11 is 6.55. The average Bonchev–Trinajstić information content (AvgIpc) is 2.69. The minimum Gasteiger partial charge on any atom is -0.376 e. The van der Waals surface area contributed by atoms with Gasteiger partial charge in [0.2, 0.25) is 0 Å². The second-order valence-electron chi connectivity index (χ2n) is 8.56. The SMILES string of the molecule is CCN1c2cc(Cl)c(/C=N\NC(=O)CNc3ccc(C)c(C)c3)cc2C(C)=CC1(C)C. The molecule has 0 bridgehead atoms. The number of fused-ring (bicyclic) bond motifs is 1. The van der Waals surface area contributed by atoms with Crippen molar-refractivity contribution in [3.05, 3.63) is 63.7 Å². The van der Waals surface area contributed by atoms with Crippen molar-refractivity contribution in [1.29, 1.82) is 0 Å². The Morgan fingerprint density at radius 3 is 2.58 bits per heavy atom. The number of nitrogens with zero attached hydrogens (tertiary/aromatic N) is 2. The van der Waals surface area contributed by atoms with E-state index in [1.54, 1.807) is 6.21 Å². The first-order valence-electron chi connectivity index (χ1n) is 10.6. The molecule has 3 rings (SSSR count). The molecule has 164 valence electrons. The number of amides is 1. The van der Waals surface area contributed by atoms with Crippen LogP contribution in [-0.2, 0) is 4.79 Å². The number of hydrazone groups is 1. The Bertz CT molecular complexity index is 1060. The van der Waals surface area contributed by atoms with Gasteiger partial charge in [-0.15, -0.1) is 0 Å². The normalized spacial score (nSPS) is 14.9. The number of benzene rings is 2. The number of likely N-dealkylation sites (N-methyl/N-ethyl adjacent to an activating group) is 1. The monoisotopic (exact) mass is 438 g/mol. The fourth-order valence-corrected chi connectivity index (χ4v) is 4.25. The van der Waals surface area contributed by atoms with E-state index in [0.717, 1.165) is 29.0 Å². The number of anilines is 2. The van der Waals surface area contributed by atoms with Crippen molar-refractivity contribution in [2.24, 2.45) is 5.10 Å². The Morgan fingerprint density at radius 1 is 1.16 bits per heavy atom. The molecule has 0 saturated heterocycles. The molecule has 0 atom stereocenters. The van der Waals surface area contributed by atoms with Crippen LogP contribution in [0.3, 0.4) is 0 Å². The van der Waals surface area contributed by atoms with Crippen LogP contribution in [-0.4, -0.2) is 30.8 Å². The summed E-state index contributed by atoms with van der Waals surface area (Å²) in [5.41, 5.74) is 10.0. The Morgan fingerprint density at radius 2 is 1.90 bits per heavy atom. The summed E-state index contributed by atoms with van der Waals surface area (Å²) in [4.78, 5) is 14.5. The van der Waals surface area contributed by atoms with E-state index < -0.39 is 0 Å². The van der Waals surface area contributed by atoms with Crippen molar-refractivity contribution in [1.82, 2.24) is 5.43 Å². The van der Waals surface area contributed by atoms with Crippen molar-refractivity contribution in [2.75, 3.05) is 23.3 Å². The number of allylic oxidation sites excluding steroid dienone is 1. The quantitative estimate of drug-likeness (QED) is 0.459. The first-order valence-corrected chi connectivity index (χ1v) is 10.9. The zero-order chi connectivity index (χ0) is 22.8. The smallest absolute Gasteiger partial charge is 0.259 e. The lowest BCUT2D eigenvalue weighted by molar-refractivity contribution is -0.119. The molecule has 0 aliphatic carbocycles. The summed E-state index contributed by atoms with van der Waals surface area (Å²) in [6, 6.07) is 10.0. The second-order valence-corrected chi connectivity index (χ2v) is 8.97. The zero-order valence-electron chi connectivity index (χ0n) is 19.1. The van der Waals surface area contributed by atoms with E-state index >= 15 is 0 Å². The number of carbonyl (C=O) groups is 1. The third-order valence-electron chi connectivity index (χ3n) is 5.77. The van der Waals surface area contributed by atoms with Crippen LogP contribution in [0.2, 0.25) is 5.02 Å². The fraction of sp³-hybridized carbons (Fsp3) is 0.360. The number of nitrogens with one attached hydrogen (secondary N) is 2. The maximum Gasteiger partial charge on any atom is 0.259 e. The van der Waals surface area contributed by atoms with Gasteiger partial charge in [-0.1, -0.05) is 23.7 Å². The lowest BCUT2D eigenvalue weighted by Gasteiger charge is -2.43. The molecule has 0 aromatic heterocycles. The van der Waals surface area contributed by atoms with Crippen LogP contribution in [0.5, 0.6) is 0 Å². The predicted molar refractivity (Wildman–Crippen MR) is 132 cm³/mol. The lowest BCUT2D eigenvalue weighted by Crippen LogP contribution is -2.44. The van der Waals surface area contributed by atoms with E-state index in [0.29, 0.717) is 5.02 Å². The molecule has 6 heteroatoms. The molecular formula is C25H31ClN4O. The van der Waals surface area contributed by atoms with Gasteiger partial charge in [0, 0.05) is 29.0 Å². The van der Waals surface area contributed by atoms with Crippen molar-refractivity contribution in [3.63, 3.8) is 0 Å². The van der Waals surface area contributed by atoms with Gasteiger partial charge in [0.15, 0.2) is 0 Å². The Kier molecular flexibility index (Phi) is 6.75. The van der Waals surface area contributed by atoms with Crippen LogP contribution in [0.15, 0.2) is 41.5 Å².